The molecule has 0 saturated heterocycles. The summed E-state index contributed by atoms with van der Waals surface area (Å²) in [5.74, 6) is 0.981. The van der Waals surface area contributed by atoms with E-state index in [9.17, 15) is 0 Å². The zero-order chi connectivity index (χ0) is 8.27. The Morgan fingerprint density at radius 1 is 1.73 bits per heavy atom. The molecule has 3 heteroatoms. The Kier molecular flexibility index (Phi) is 2.88. The number of furan rings is 1. The monoisotopic (exact) mass is 171 g/mol. The van der Waals surface area contributed by atoms with Crippen molar-refractivity contribution >= 4 is 18.3 Å². The van der Waals surface area contributed by atoms with Crippen molar-refractivity contribution in [2.24, 2.45) is 0 Å². The second-order valence-electron chi connectivity index (χ2n) is 2.56. The number of rotatable bonds is 3. The van der Waals surface area contributed by atoms with Crippen LogP contribution in [0.5, 0.6) is 0 Å². The van der Waals surface area contributed by atoms with Crippen LogP contribution in [0, 0.1) is 0 Å². The van der Waals surface area contributed by atoms with E-state index in [-0.39, 0.29) is 0 Å². The van der Waals surface area contributed by atoms with Crippen LogP contribution < -0.4 is 5.32 Å². The first-order valence-corrected chi connectivity index (χ1v) is 4.18. The van der Waals surface area contributed by atoms with Crippen molar-refractivity contribution in [3.63, 3.8) is 0 Å². The molecule has 11 heavy (non-hydrogen) atoms. The van der Waals surface area contributed by atoms with Crippen molar-refractivity contribution in [3.8, 4) is 0 Å². The zero-order valence-electron chi connectivity index (χ0n) is 6.79. The number of nitrogens with one attached hydrogen (secondary N) is 1. The lowest BCUT2D eigenvalue weighted by molar-refractivity contribution is 0.510. The molecule has 1 N–H and O–H groups in total. The average molecular weight is 171 g/mol. The van der Waals surface area contributed by atoms with E-state index in [1.807, 2.05) is 20.0 Å². The van der Waals surface area contributed by atoms with Crippen molar-refractivity contribution in [2.75, 3.05) is 12.4 Å². The first kappa shape index (κ1) is 8.53. The normalized spacial score (nSPS) is 13.0. The van der Waals surface area contributed by atoms with Crippen LogP contribution in [0.25, 0.3) is 0 Å². The lowest BCUT2D eigenvalue weighted by Gasteiger charge is -2.02. The maximum atomic E-state index is 5.25. The second kappa shape index (κ2) is 3.72. The molecule has 0 spiro atoms. The zero-order valence-corrected chi connectivity index (χ0v) is 7.69. The first-order chi connectivity index (χ1) is 5.24. The van der Waals surface area contributed by atoms with Gasteiger partial charge in [0.15, 0.2) is 0 Å². The van der Waals surface area contributed by atoms with Gasteiger partial charge in [-0.25, -0.2) is 0 Å². The number of hydrogen-bond donors (Lipinski definition) is 2. The van der Waals surface area contributed by atoms with E-state index in [4.69, 9.17) is 4.42 Å². The molecule has 0 aliphatic carbocycles. The Morgan fingerprint density at radius 2 is 2.45 bits per heavy atom. The molecule has 62 valence electrons. The van der Waals surface area contributed by atoms with Crippen molar-refractivity contribution < 1.29 is 4.42 Å². The second-order valence-corrected chi connectivity index (χ2v) is 3.44. The van der Waals surface area contributed by atoms with Gasteiger partial charge in [-0.15, -0.1) is 0 Å². The fourth-order valence-electron chi connectivity index (χ4n) is 0.990. The number of thiol groups is 1. The van der Waals surface area contributed by atoms with Gasteiger partial charge in [0.05, 0.1) is 12.0 Å². The van der Waals surface area contributed by atoms with Crippen LogP contribution in [0.4, 0.5) is 5.69 Å². The van der Waals surface area contributed by atoms with E-state index in [0.717, 1.165) is 17.9 Å². The summed E-state index contributed by atoms with van der Waals surface area (Å²) in [6, 6.07) is 1.92. The van der Waals surface area contributed by atoms with Gasteiger partial charge in [-0.2, -0.15) is 12.6 Å². The van der Waals surface area contributed by atoms with E-state index in [2.05, 4.69) is 17.9 Å². The van der Waals surface area contributed by atoms with E-state index in [1.165, 1.54) is 0 Å². The molecular formula is C8H13NOS. The molecule has 1 atom stereocenters. The van der Waals surface area contributed by atoms with Crippen LogP contribution in [0.1, 0.15) is 12.7 Å². The first-order valence-electron chi connectivity index (χ1n) is 3.66. The maximum absolute atomic E-state index is 5.25. The lowest BCUT2D eigenvalue weighted by atomic mass is 10.2. The van der Waals surface area contributed by atoms with Crippen LogP contribution in [-0.4, -0.2) is 12.3 Å². The van der Waals surface area contributed by atoms with Gasteiger partial charge < -0.3 is 9.73 Å². The van der Waals surface area contributed by atoms with Gasteiger partial charge in [-0.05, 0) is 6.07 Å². The number of anilines is 1. The summed E-state index contributed by atoms with van der Waals surface area (Å²) in [6.07, 6.45) is 2.56. The largest absolute Gasteiger partial charge is 0.467 e. The molecule has 1 rings (SSSR count). The molecule has 0 amide bonds. The fourth-order valence-corrected chi connectivity index (χ4v) is 1.16. The summed E-state index contributed by atoms with van der Waals surface area (Å²) in [7, 11) is 1.89. The van der Waals surface area contributed by atoms with E-state index >= 15 is 0 Å². The molecule has 2 nitrogen and oxygen atoms in total. The Bertz CT molecular complexity index is 220. The molecular weight excluding hydrogens is 158 g/mol. The predicted octanol–water partition coefficient (Wildman–Crippen LogP) is 2.18. The van der Waals surface area contributed by atoms with Crippen molar-refractivity contribution in [2.45, 2.75) is 18.6 Å². The highest BCUT2D eigenvalue weighted by Crippen LogP contribution is 2.18. The standard InChI is InChI=1S/C8H13NOS/c1-6(11)5-8-7(9-2)3-4-10-8/h3-4,6,9,11H,5H2,1-2H3. The molecule has 0 saturated carbocycles. The highest BCUT2D eigenvalue weighted by Gasteiger charge is 2.06. The Morgan fingerprint density at radius 3 is 3.00 bits per heavy atom. The molecule has 1 aromatic rings. The van der Waals surface area contributed by atoms with Gasteiger partial charge in [0.25, 0.3) is 0 Å². The average Bonchev–Trinajstić information content (AvgIpc) is 2.34. The van der Waals surface area contributed by atoms with Gasteiger partial charge in [-0.3, -0.25) is 0 Å². The molecule has 1 unspecified atom stereocenters. The highest BCUT2D eigenvalue weighted by molar-refractivity contribution is 7.80. The van der Waals surface area contributed by atoms with Crippen LogP contribution >= 0.6 is 12.6 Å². The lowest BCUT2D eigenvalue weighted by Crippen LogP contribution is -1.98. The van der Waals surface area contributed by atoms with Crippen molar-refractivity contribution in [1.82, 2.24) is 0 Å². The minimum Gasteiger partial charge on any atom is -0.467 e. The van der Waals surface area contributed by atoms with Gasteiger partial charge >= 0.3 is 0 Å². The van der Waals surface area contributed by atoms with Crippen LogP contribution in [0.3, 0.4) is 0 Å². The summed E-state index contributed by atoms with van der Waals surface area (Å²) < 4.78 is 5.25. The summed E-state index contributed by atoms with van der Waals surface area (Å²) in [6.45, 7) is 2.05. The quantitative estimate of drug-likeness (QED) is 0.681. The third kappa shape index (κ3) is 2.19. The summed E-state index contributed by atoms with van der Waals surface area (Å²) >= 11 is 4.28. The van der Waals surface area contributed by atoms with Crippen molar-refractivity contribution in [3.05, 3.63) is 18.1 Å². The molecule has 1 heterocycles. The molecule has 0 aliphatic rings. The smallest absolute Gasteiger partial charge is 0.127 e. The summed E-state index contributed by atoms with van der Waals surface area (Å²) in [5.41, 5.74) is 1.06. The van der Waals surface area contributed by atoms with E-state index < -0.39 is 0 Å². The fraction of sp³-hybridized carbons (Fsp3) is 0.500. The van der Waals surface area contributed by atoms with Crippen LogP contribution in [-0.2, 0) is 6.42 Å². The topological polar surface area (TPSA) is 25.2 Å². The summed E-state index contributed by atoms with van der Waals surface area (Å²) in [5, 5.41) is 3.39. The van der Waals surface area contributed by atoms with Crippen molar-refractivity contribution in [1.29, 1.82) is 0 Å². The third-order valence-corrected chi connectivity index (χ3v) is 1.68. The SMILES string of the molecule is CNc1ccoc1CC(C)S. The summed E-state index contributed by atoms with van der Waals surface area (Å²) in [4.78, 5) is 0. The molecule has 0 radical (unpaired) electrons. The predicted molar refractivity (Wildman–Crippen MR) is 50.4 cm³/mol. The minimum atomic E-state index is 0.341. The van der Waals surface area contributed by atoms with Gasteiger partial charge in [-0.1, -0.05) is 6.92 Å². The van der Waals surface area contributed by atoms with Gasteiger partial charge in [0.1, 0.15) is 5.76 Å². The van der Waals surface area contributed by atoms with E-state index in [1.54, 1.807) is 6.26 Å². The van der Waals surface area contributed by atoms with Crippen LogP contribution in [0.2, 0.25) is 0 Å². The maximum Gasteiger partial charge on any atom is 0.127 e. The molecule has 0 bridgehead atoms. The van der Waals surface area contributed by atoms with Crippen LogP contribution in [0.15, 0.2) is 16.7 Å². The molecule has 0 aliphatic heterocycles. The van der Waals surface area contributed by atoms with Gasteiger partial charge in [0.2, 0.25) is 0 Å². The minimum absolute atomic E-state index is 0.341. The molecule has 1 aromatic heterocycles. The number of hydrogen-bond acceptors (Lipinski definition) is 3. The van der Waals surface area contributed by atoms with E-state index in [0.29, 0.717) is 5.25 Å². The molecule has 0 aromatic carbocycles. The molecule has 0 fully saturated rings. The Hall–Kier alpha value is -0.570. The Labute approximate surface area is 72.4 Å². The third-order valence-electron chi connectivity index (χ3n) is 1.50. The highest BCUT2D eigenvalue weighted by atomic mass is 32.1. The van der Waals surface area contributed by atoms with Gasteiger partial charge in [0, 0.05) is 18.7 Å². The Balaban J connectivity index is 2.68.